The Morgan fingerprint density at radius 1 is 0.548 bits per heavy atom. The first-order chi connectivity index (χ1) is 20.4. The van der Waals surface area contributed by atoms with E-state index in [9.17, 15) is 20.2 Å². The third-order valence-corrected chi connectivity index (χ3v) is 7.46. The van der Waals surface area contributed by atoms with Gasteiger partial charge in [-0.15, -0.1) is 0 Å². The molecule has 5 rings (SSSR count). The summed E-state index contributed by atoms with van der Waals surface area (Å²) in [7, 11) is 0. The van der Waals surface area contributed by atoms with E-state index in [4.69, 9.17) is 9.47 Å². The standard InChI is InChI=1S/C32H32N4O6/c37-35(38)27-7-15-31(16-8-27)41-29-11-1-23(2-12-29)19-33-21-25-5-6-26(25)22-34-20-24-3-13-30(14-4-24)42-32-17-9-28(10-18-32)36(39)40/h1-4,7-18,25-26,33-34H,5-6,19-22H2. The lowest BCUT2D eigenvalue weighted by Gasteiger charge is -2.37. The van der Waals surface area contributed by atoms with Crippen LogP contribution < -0.4 is 20.1 Å². The second kappa shape index (κ2) is 13.7. The molecule has 1 aliphatic carbocycles. The molecule has 0 spiro atoms. The molecule has 1 saturated carbocycles. The quantitative estimate of drug-likeness (QED) is 0.123. The van der Waals surface area contributed by atoms with Gasteiger partial charge in [-0.3, -0.25) is 20.2 Å². The third-order valence-electron chi connectivity index (χ3n) is 7.46. The Balaban J connectivity index is 0.982. The number of hydrogen-bond donors (Lipinski definition) is 2. The summed E-state index contributed by atoms with van der Waals surface area (Å²) in [4.78, 5) is 20.7. The molecule has 4 aromatic rings. The molecule has 2 unspecified atom stereocenters. The smallest absolute Gasteiger partial charge is 0.269 e. The van der Waals surface area contributed by atoms with Gasteiger partial charge in [0.1, 0.15) is 23.0 Å². The Morgan fingerprint density at radius 2 is 0.857 bits per heavy atom. The predicted octanol–water partition coefficient (Wildman–Crippen LogP) is 6.99. The molecule has 10 heteroatoms. The summed E-state index contributed by atoms with van der Waals surface area (Å²) in [6, 6.07) is 27.8. The van der Waals surface area contributed by atoms with E-state index in [0.717, 1.165) is 26.2 Å². The topological polar surface area (TPSA) is 129 Å². The molecule has 2 atom stereocenters. The van der Waals surface area contributed by atoms with Crippen LogP contribution in [0.3, 0.4) is 0 Å². The second-order valence-electron chi connectivity index (χ2n) is 10.4. The Hall–Kier alpha value is -4.80. The zero-order valence-corrected chi connectivity index (χ0v) is 23.0. The minimum Gasteiger partial charge on any atom is -0.457 e. The summed E-state index contributed by atoms with van der Waals surface area (Å²) in [6.07, 6.45) is 2.46. The first-order valence-corrected chi connectivity index (χ1v) is 13.9. The van der Waals surface area contributed by atoms with Gasteiger partial charge in [0, 0.05) is 37.4 Å². The van der Waals surface area contributed by atoms with Crippen LogP contribution in [0.4, 0.5) is 11.4 Å². The Labute approximate surface area is 243 Å². The van der Waals surface area contributed by atoms with Crippen LogP contribution in [0.1, 0.15) is 24.0 Å². The summed E-state index contributed by atoms with van der Waals surface area (Å²) >= 11 is 0. The lowest BCUT2D eigenvalue weighted by atomic mass is 9.73. The van der Waals surface area contributed by atoms with Gasteiger partial charge in [-0.25, -0.2) is 0 Å². The Kier molecular flexibility index (Phi) is 9.37. The van der Waals surface area contributed by atoms with Crippen LogP contribution in [0.2, 0.25) is 0 Å². The molecule has 0 saturated heterocycles. The molecule has 1 aliphatic rings. The first kappa shape index (κ1) is 28.7. The number of nitrogens with one attached hydrogen (secondary N) is 2. The van der Waals surface area contributed by atoms with Gasteiger partial charge in [-0.1, -0.05) is 24.3 Å². The van der Waals surface area contributed by atoms with E-state index in [1.54, 1.807) is 24.3 Å². The van der Waals surface area contributed by atoms with Crippen molar-refractivity contribution in [3.8, 4) is 23.0 Å². The van der Waals surface area contributed by atoms with E-state index in [0.29, 0.717) is 34.8 Å². The highest BCUT2D eigenvalue weighted by Gasteiger charge is 2.29. The van der Waals surface area contributed by atoms with Gasteiger partial charge in [0.05, 0.1) is 9.85 Å². The highest BCUT2D eigenvalue weighted by molar-refractivity contribution is 5.40. The van der Waals surface area contributed by atoms with Crippen LogP contribution in [-0.2, 0) is 13.1 Å². The Morgan fingerprint density at radius 3 is 1.14 bits per heavy atom. The number of nitrogens with zero attached hydrogens (tertiary/aromatic N) is 2. The van der Waals surface area contributed by atoms with Crippen LogP contribution in [-0.4, -0.2) is 22.9 Å². The van der Waals surface area contributed by atoms with Crippen molar-refractivity contribution in [2.45, 2.75) is 25.9 Å². The van der Waals surface area contributed by atoms with E-state index in [1.165, 1.54) is 48.2 Å². The maximum Gasteiger partial charge on any atom is 0.269 e. The van der Waals surface area contributed by atoms with E-state index in [-0.39, 0.29) is 11.4 Å². The van der Waals surface area contributed by atoms with Crippen molar-refractivity contribution in [3.05, 3.63) is 128 Å². The molecular formula is C32H32N4O6. The van der Waals surface area contributed by atoms with Gasteiger partial charge < -0.3 is 20.1 Å². The number of non-ortho nitro benzene ring substituents is 2. The molecule has 0 radical (unpaired) electrons. The van der Waals surface area contributed by atoms with Crippen molar-refractivity contribution in [2.75, 3.05) is 13.1 Å². The molecule has 0 aliphatic heterocycles. The van der Waals surface area contributed by atoms with Gasteiger partial charge >= 0.3 is 0 Å². The average Bonchev–Trinajstić information content (AvgIpc) is 2.99. The summed E-state index contributed by atoms with van der Waals surface area (Å²) in [6.45, 7) is 3.51. The summed E-state index contributed by atoms with van der Waals surface area (Å²) in [5, 5.41) is 28.7. The molecule has 2 N–H and O–H groups in total. The fourth-order valence-electron chi connectivity index (χ4n) is 4.87. The number of rotatable bonds is 14. The summed E-state index contributed by atoms with van der Waals surface area (Å²) < 4.78 is 11.6. The van der Waals surface area contributed by atoms with E-state index in [1.807, 2.05) is 48.5 Å². The molecule has 216 valence electrons. The minimum atomic E-state index is -0.431. The van der Waals surface area contributed by atoms with Gasteiger partial charge in [-0.2, -0.15) is 0 Å². The van der Waals surface area contributed by atoms with Crippen molar-refractivity contribution in [1.82, 2.24) is 10.6 Å². The normalized spacial score (nSPS) is 15.9. The highest BCUT2D eigenvalue weighted by atomic mass is 16.6. The van der Waals surface area contributed by atoms with E-state index < -0.39 is 9.85 Å². The number of nitro groups is 2. The lowest BCUT2D eigenvalue weighted by molar-refractivity contribution is -0.385. The summed E-state index contributed by atoms with van der Waals surface area (Å²) in [5.74, 6) is 3.79. The number of hydrogen-bond acceptors (Lipinski definition) is 8. The monoisotopic (exact) mass is 568 g/mol. The highest BCUT2D eigenvalue weighted by Crippen LogP contribution is 2.33. The fraction of sp³-hybridized carbons (Fsp3) is 0.250. The molecule has 0 bridgehead atoms. The van der Waals surface area contributed by atoms with Crippen molar-refractivity contribution >= 4 is 11.4 Å². The van der Waals surface area contributed by atoms with Crippen molar-refractivity contribution in [2.24, 2.45) is 11.8 Å². The molecule has 1 fully saturated rings. The van der Waals surface area contributed by atoms with E-state index >= 15 is 0 Å². The molecule has 0 amide bonds. The third kappa shape index (κ3) is 7.90. The van der Waals surface area contributed by atoms with Gasteiger partial charge in [0.15, 0.2) is 0 Å². The zero-order valence-electron chi connectivity index (χ0n) is 23.0. The van der Waals surface area contributed by atoms with Gasteiger partial charge in [0.25, 0.3) is 11.4 Å². The van der Waals surface area contributed by atoms with Crippen molar-refractivity contribution in [3.63, 3.8) is 0 Å². The molecular weight excluding hydrogens is 536 g/mol. The lowest BCUT2D eigenvalue weighted by Crippen LogP contribution is -2.40. The SMILES string of the molecule is O=[N+]([O-])c1ccc(Oc2ccc(CNCC3CCC3CNCc3ccc(Oc4ccc([N+](=O)[O-])cc4)cc3)cc2)cc1. The van der Waals surface area contributed by atoms with Crippen LogP contribution in [0.5, 0.6) is 23.0 Å². The van der Waals surface area contributed by atoms with E-state index in [2.05, 4.69) is 10.6 Å². The van der Waals surface area contributed by atoms with Gasteiger partial charge in [0.2, 0.25) is 0 Å². The van der Waals surface area contributed by atoms with Crippen LogP contribution in [0.15, 0.2) is 97.1 Å². The molecule has 0 heterocycles. The predicted molar refractivity (Wildman–Crippen MR) is 159 cm³/mol. The number of benzene rings is 4. The maximum absolute atomic E-state index is 10.8. The van der Waals surface area contributed by atoms with Crippen LogP contribution in [0.25, 0.3) is 0 Å². The van der Waals surface area contributed by atoms with Gasteiger partial charge in [-0.05, 0) is 97.4 Å². The largest absolute Gasteiger partial charge is 0.457 e. The molecule has 10 nitrogen and oxygen atoms in total. The maximum atomic E-state index is 10.8. The van der Waals surface area contributed by atoms with Crippen molar-refractivity contribution in [1.29, 1.82) is 0 Å². The second-order valence-corrected chi connectivity index (χ2v) is 10.4. The molecule has 42 heavy (non-hydrogen) atoms. The van der Waals surface area contributed by atoms with Crippen LogP contribution >= 0.6 is 0 Å². The molecule has 4 aromatic carbocycles. The number of ether oxygens (including phenoxy) is 2. The first-order valence-electron chi connectivity index (χ1n) is 13.9. The zero-order chi connectivity index (χ0) is 29.3. The summed E-state index contributed by atoms with van der Waals surface area (Å²) in [5.41, 5.74) is 2.41. The van der Waals surface area contributed by atoms with Crippen molar-refractivity contribution < 1.29 is 19.3 Å². The number of nitro benzene ring substituents is 2. The average molecular weight is 569 g/mol. The Bertz CT molecular complexity index is 1360. The molecule has 0 aromatic heterocycles. The van der Waals surface area contributed by atoms with Crippen LogP contribution in [0, 0.1) is 32.1 Å². The fourth-order valence-corrected chi connectivity index (χ4v) is 4.87. The minimum absolute atomic E-state index is 0.0357.